The van der Waals surface area contributed by atoms with Gasteiger partial charge in [-0.15, -0.1) is 0 Å². The van der Waals surface area contributed by atoms with Gasteiger partial charge in [0.15, 0.2) is 11.6 Å². The Hall–Kier alpha value is -1.17. The summed E-state index contributed by atoms with van der Waals surface area (Å²) in [7, 11) is 0. The summed E-state index contributed by atoms with van der Waals surface area (Å²) in [5, 5.41) is -0.238. The second-order valence-electron chi connectivity index (χ2n) is 3.58. The summed E-state index contributed by atoms with van der Waals surface area (Å²) >= 11 is 4.07. The highest BCUT2D eigenvalue weighted by Gasteiger charge is 2.31. The van der Waals surface area contributed by atoms with Crippen molar-refractivity contribution in [3.8, 4) is 0 Å². The van der Waals surface area contributed by atoms with Crippen LogP contribution >= 0.6 is 12.6 Å². The molecule has 1 amide bonds. The molecule has 1 unspecified atom stereocenters. The molecule has 2 rings (SSSR count). The topological polar surface area (TPSA) is 20.3 Å². The zero-order chi connectivity index (χ0) is 11.9. The average molecular weight is 247 g/mol. The highest BCUT2D eigenvalue weighted by Crippen LogP contribution is 2.28. The van der Waals surface area contributed by atoms with Crippen LogP contribution in [-0.4, -0.2) is 17.7 Å². The predicted octanol–water partition coefficient (Wildman–Crippen LogP) is 2.14. The molecule has 16 heavy (non-hydrogen) atoms. The number of anilines is 1. The molecular weight excluding hydrogens is 239 g/mol. The van der Waals surface area contributed by atoms with Crippen LogP contribution in [0.25, 0.3) is 0 Å². The molecule has 86 valence electrons. The molecule has 1 aromatic rings. The van der Waals surface area contributed by atoms with Crippen molar-refractivity contribution in [2.45, 2.75) is 11.7 Å². The van der Waals surface area contributed by atoms with Crippen molar-refractivity contribution < 1.29 is 18.0 Å². The Balaban J connectivity index is 2.44. The number of nitrogens with zero attached hydrogens (tertiary/aromatic N) is 1. The van der Waals surface area contributed by atoms with Crippen molar-refractivity contribution in [1.82, 2.24) is 0 Å². The summed E-state index contributed by atoms with van der Waals surface area (Å²) < 4.78 is 39.2. The van der Waals surface area contributed by atoms with Crippen LogP contribution < -0.4 is 4.90 Å². The van der Waals surface area contributed by atoms with Gasteiger partial charge in [0.1, 0.15) is 5.82 Å². The lowest BCUT2D eigenvalue weighted by molar-refractivity contribution is -0.117. The third kappa shape index (κ3) is 1.89. The van der Waals surface area contributed by atoms with Gasteiger partial charge in [0.25, 0.3) is 0 Å². The number of benzene rings is 1. The third-order valence-electron chi connectivity index (χ3n) is 2.37. The Morgan fingerprint density at radius 1 is 1.31 bits per heavy atom. The van der Waals surface area contributed by atoms with E-state index in [2.05, 4.69) is 12.6 Å². The zero-order valence-electron chi connectivity index (χ0n) is 8.08. The van der Waals surface area contributed by atoms with E-state index in [-0.39, 0.29) is 29.8 Å². The van der Waals surface area contributed by atoms with Gasteiger partial charge >= 0.3 is 0 Å². The first-order valence-corrected chi connectivity index (χ1v) is 5.13. The van der Waals surface area contributed by atoms with Crippen molar-refractivity contribution in [2.24, 2.45) is 0 Å². The number of halogens is 3. The van der Waals surface area contributed by atoms with Crippen LogP contribution in [-0.2, 0) is 4.79 Å². The highest BCUT2D eigenvalue weighted by molar-refractivity contribution is 7.81. The maximum Gasteiger partial charge on any atom is 0.228 e. The number of amides is 1. The lowest BCUT2D eigenvalue weighted by Crippen LogP contribution is -2.26. The smallest absolute Gasteiger partial charge is 0.228 e. The second kappa shape index (κ2) is 4.01. The molecular formula is C10H8F3NOS. The van der Waals surface area contributed by atoms with Gasteiger partial charge in [0.05, 0.1) is 5.69 Å². The molecule has 2 nitrogen and oxygen atoms in total. The fourth-order valence-electron chi connectivity index (χ4n) is 1.66. The van der Waals surface area contributed by atoms with Crippen molar-refractivity contribution in [2.75, 3.05) is 11.4 Å². The SMILES string of the molecule is O=C1CC(S)CN1c1cc(F)cc(F)c1F. The van der Waals surface area contributed by atoms with Crippen molar-refractivity contribution in [3.05, 3.63) is 29.6 Å². The van der Waals surface area contributed by atoms with E-state index in [9.17, 15) is 18.0 Å². The largest absolute Gasteiger partial charge is 0.308 e. The minimum Gasteiger partial charge on any atom is -0.308 e. The van der Waals surface area contributed by atoms with Crippen LogP contribution in [0, 0.1) is 17.5 Å². The van der Waals surface area contributed by atoms with E-state index in [1.54, 1.807) is 0 Å². The van der Waals surface area contributed by atoms with Crippen LogP contribution in [0.1, 0.15) is 6.42 Å². The number of thiol groups is 1. The lowest BCUT2D eigenvalue weighted by atomic mass is 10.2. The van der Waals surface area contributed by atoms with Crippen LogP contribution in [0.4, 0.5) is 18.9 Å². The number of hydrogen-bond donors (Lipinski definition) is 1. The number of hydrogen-bond acceptors (Lipinski definition) is 2. The first kappa shape index (κ1) is 11.3. The molecule has 0 aromatic heterocycles. The van der Waals surface area contributed by atoms with E-state index >= 15 is 0 Å². The Kier molecular flexibility index (Phi) is 2.84. The van der Waals surface area contributed by atoms with Crippen LogP contribution in [0.2, 0.25) is 0 Å². The number of rotatable bonds is 1. The number of carbonyl (C=O) groups is 1. The van der Waals surface area contributed by atoms with Crippen LogP contribution in [0.15, 0.2) is 12.1 Å². The first-order chi connectivity index (χ1) is 7.49. The average Bonchev–Trinajstić information content (AvgIpc) is 2.51. The molecule has 1 aliphatic rings. The summed E-state index contributed by atoms with van der Waals surface area (Å²) in [6, 6.07) is 1.25. The molecule has 0 bridgehead atoms. The van der Waals surface area contributed by atoms with E-state index < -0.39 is 17.5 Å². The van der Waals surface area contributed by atoms with E-state index in [1.807, 2.05) is 0 Å². The molecule has 0 saturated carbocycles. The van der Waals surface area contributed by atoms with E-state index in [1.165, 1.54) is 0 Å². The van der Waals surface area contributed by atoms with E-state index in [4.69, 9.17) is 0 Å². The van der Waals surface area contributed by atoms with Crippen molar-refractivity contribution in [3.63, 3.8) is 0 Å². The minimum absolute atomic E-state index is 0.140. The number of carbonyl (C=O) groups excluding carboxylic acids is 1. The fourth-order valence-corrected chi connectivity index (χ4v) is 1.98. The highest BCUT2D eigenvalue weighted by atomic mass is 32.1. The Morgan fingerprint density at radius 3 is 2.56 bits per heavy atom. The van der Waals surface area contributed by atoms with Gasteiger partial charge in [-0.1, -0.05) is 0 Å². The fraction of sp³-hybridized carbons (Fsp3) is 0.300. The van der Waals surface area contributed by atoms with Crippen molar-refractivity contribution >= 4 is 24.2 Å². The summed E-state index contributed by atoms with van der Waals surface area (Å²) in [5.41, 5.74) is -0.362. The standard InChI is InChI=1S/C10H8F3NOS/c11-5-1-7(12)10(13)8(2-5)14-4-6(16)3-9(14)15/h1-2,6,16H,3-4H2. The van der Waals surface area contributed by atoms with Gasteiger partial charge in [-0.05, 0) is 0 Å². The van der Waals surface area contributed by atoms with Gasteiger partial charge in [-0.3, -0.25) is 4.79 Å². The molecule has 1 saturated heterocycles. The van der Waals surface area contributed by atoms with E-state index in [0.717, 1.165) is 11.0 Å². The van der Waals surface area contributed by atoms with Gasteiger partial charge in [-0.25, -0.2) is 13.2 Å². The van der Waals surface area contributed by atoms with Gasteiger partial charge < -0.3 is 4.90 Å². The normalized spacial score (nSPS) is 20.6. The second-order valence-corrected chi connectivity index (χ2v) is 4.31. The predicted molar refractivity (Wildman–Crippen MR) is 56.1 cm³/mol. The Bertz CT molecular complexity index is 452. The Morgan fingerprint density at radius 2 is 2.00 bits per heavy atom. The molecule has 0 spiro atoms. The molecule has 0 radical (unpaired) electrons. The molecule has 0 N–H and O–H groups in total. The van der Waals surface area contributed by atoms with Crippen LogP contribution in [0.3, 0.4) is 0 Å². The molecule has 1 heterocycles. The first-order valence-electron chi connectivity index (χ1n) is 4.62. The molecule has 1 fully saturated rings. The minimum atomic E-state index is -1.30. The quantitative estimate of drug-likeness (QED) is 0.595. The van der Waals surface area contributed by atoms with E-state index in [0.29, 0.717) is 6.07 Å². The molecule has 1 aromatic carbocycles. The molecule has 1 aliphatic heterocycles. The summed E-state index contributed by atoms with van der Waals surface area (Å²) in [5.74, 6) is -3.81. The van der Waals surface area contributed by atoms with Gasteiger partial charge in [-0.2, -0.15) is 12.6 Å². The Labute approximate surface area is 95.5 Å². The summed E-state index contributed by atoms with van der Waals surface area (Å²) in [6.07, 6.45) is 0.140. The molecule has 6 heteroatoms. The van der Waals surface area contributed by atoms with Gasteiger partial charge in [0, 0.05) is 30.3 Å². The molecule has 1 atom stereocenters. The van der Waals surface area contributed by atoms with Gasteiger partial charge in [0.2, 0.25) is 5.91 Å². The third-order valence-corrected chi connectivity index (χ3v) is 2.72. The maximum absolute atomic E-state index is 13.4. The zero-order valence-corrected chi connectivity index (χ0v) is 8.98. The van der Waals surface area contributed by atoms with Crippen molar-refractivity contribution in [1.29, 1.82) is 0 Å². The summed E-state index contributed by atoms with van der Waals surface area (Å²) in [6.45, 7) is 0.155. The summed E-state index contributed by atoms with van der Waals surface area (Å²) in [4.78, 5) is 12.4. The molecule has 0 aliphatic carbocycles. The monoisotopic (exact) mass is 247 g/mol. The van der Waals surface area contributed by atoms with Crippen LogP contribution in [0.5, 0.6) is 0 Å². The lowest BCUT2D eigenvalue weighted by Gasteiger charge is -2.17. The maximum atomic E-state index is 13.4.